The lowest BCUT2D eigenvalue weighted by molar-refractivity contribution is 0.344. The van der Waals surface area contributed by atoms with Crippen LogP contribution in [0.15, 0.2) is 46.9 Å². The molecule has 0 bridgehead atoms. The number of aromatic amines is 1. The Bertz CT molecular complexity index is 700. The van der Waals surface area contributed by atoms with Crippen LogP contribution in [-0.2, 0) is 0 Å². The van der Waals surface area contributed by atoms with Crippen LogP contribution < -0.4 is 4.74 Å². The van der Waals surface area contributed by atoms with Crippen LogP contribution in [0.3, 0.4) is 0 Å². The summed E-state index contributed by atoms with van der Waals surface area (Å²) in [6.45, 7) is 0.577. The summed E-state index contributed by atoms with van der Waals surface area (Å²) in [5.74, 6) is 2.36. The molecule has 0 saturated carbocycles. The average Bonchev–Trinajstić information content (AvgIpc) is 3.14. The molecule has 0 aliphatic rings. The van der Waals surface area contributed by atoms with E-state index in [1.807, 2.05) is 35.7 Å². The monoisotopic (exact) mass is 337 g/mol. The molecule has 2 heterocycles. The quantitative estimate of drug-likeness (QED) is 0.536. The van der Waals surface area contributed by atoms with Crippen molar-refractivity contribution in [1.82, 2.24) is 15.2 Å². The number of thiophene rings is 1. The molecule has 0 unspecified atom stereocenters. The first-order valence-electron chi connectivity index (χ1n) is 6.29. The smallest absolute Gasteiger partial charge is 0.208 e. The number of aromatic nitrogens is 3. The zero-order valence-corrected chi connectivity index (χ0v) is 13.3. The third kappa shape index (κ3) is 4.00. The Morgan fingerprint density at radius 2 is 2.24 bits per heavy atom. The van der Waals surface area contributed by atoms with Gasteiger partial charge in [0.2, 0.25) is 5.16 Å². The largest absolute Gasteiger partial charge is 0.493 e. The SMILES string of the molecule is Clc1cccc(OCCSc2n[nH]c(-c3cccs3)n2)c1. The first kappa shape index (κ1) is 14.4. The number of hydrogen-bond acceptors (Lipinski definition) is 5. The minimum Gasteiger partial charge on any atom is -0.493 e. The highest BCUT2D eigenvalue weighted by Gasteiger charge is 2.06. The highest BCUT2D eigenvalue weighted by atomic mass is 35.5. The summed E-state index contributed by atoms with van der Waals surface area (Å²) in [5, 5.41) is 10.6. The van der Waals surface area contributed by atoms with E-state index in [1.165, 1.54) is 0 Å². The molecule has 3 rings (SSSR count). The van der Waals surface area contributed by atoms with Crippen LogP contribution in [0.4, 0.5) is 0 Å². The summed E-state index contributed by atoms with van der Waals surface area (Å²) < 4.78 is 5.62. The molecule has 108 valence electrons. The second kappa shape index (κ2) is 6.98. The summed E-state index contributed by atoms with van der Waals surface area (Å²) >= 11 is 9.09. The second-order valence-corrected chi connectivity index (χ2v) is 6.54. The summed E-state index contributed by atoms with van der Waals surface area (Å²) in [5.41, 5.74) is 0. The van der Waals surface area contributed by atoms with E-state index >= 15 is 0 Å². The molecule has 0 radical (unpaired) electrons. The summed E-state index contributed by atoms with van der Waals surface area (Å²) in [7, 11) is 0. The first-order valence-corrected chi connectivity index (χ1v) is 8.53. The van der Waals surface area contributed by atoms with Gasteiger partial charge >= 0.3 is 0 Å². The topological polar surface area (TPSA) is 50.8 Å². The van der Waals surface area contributed by atoms with Crippen LogP contribution >= 0.6 is 34.7 Å². The number of ether oxygens (including phenoxy) is 1. The number of benzene rings is 1. The van der Waals surface area contributed by atoms with E-state index in [9.17, 15) is 0 Å². The van der Waals surface area contributed by atoms with Crippen LogP contribution in [0, 0.1) is 0 Å². The van der Waals surface area contributed by atoms with Crippen molar-refractivity contribution in [1.29, 1.82) is 0 Å². The van der Waals surface area contributed by atoms with Crippen molar-refractivity contribution in [2.45, 2.75) is 5.16 Å². The van der Waals surface area contributed by atoms with Gasteiger partial charge in [-0.15, -0.1) is 16.4 Å². The summed E-state index contributed by atoms with van der Waals surface area (Å²) in [6.07, 6.45) is 0. The molecule has 2 aromatic heterocycles. The number of thioether (sulfide) groups is 1. The van der Waals surface area contributed by atoms with Gasteiger partial charge in [0.15, 0.2) is 5.82 Å². The van der Waals surface area contributed by atoms with E-state index < -0.39 is 0 Å². The minimum absolute atomic E-state index is 0.577. The van der Waals surface area contributed by atoms with Gasteiger partial charge in [-0.05, 0) is 29.6 Å². The number of halogens is 1. The van der Waals surface area contributed by atoms with Crippen molar-refractivity contribution in [3.63, 3.8) is 0 Å². The van der Waals surface area contributed by atoms with Gasteiger partial charge in [0.25, 0.3) is 0 Å². The fraction of sp³-hybridized carbons (Fsp3) is 0.143. The third-order valence-corrected chi connectivity index (χ3v) is 4.52. The number of rotatable bonds is 6. The van der Waals surface area contributed by atoms with E-state index in [-0.39, 0.29) is 0 Å². The molecule has 0 amide bonds. The molecule has 1 aromatic carbocycles. The molecular formula is C14H12ClN3OS2. The van der Waals surface area contributed by atoms with Gasteiger partial charge < -0.3 is 4.74 Å². The highest BCUT2D eigenvalue weighted by Crippen LogP contribution is 2.23. The molecule has 0 atom stereocenters. The molecule has 4 nitrogen and oxygen atoms in total. The van der Waals surface area contributed by atoms with Crippen molar-refractivity contribution >= 4 is 34.7 Å². The molecule has 0 saturated heterocycles. The fourth-order valence-corrected chi connectivity index (χ4v) is 3.14. The van der Waals surface area contributed by atoms with Gasteiger partial charge in [-0.1, -0.05) is 35.5 Å². The van der Waals surface area contributed by atoms with Crippen LogP contribution in [0.25, 0.3) is 10.7 Å². The van der Waals surface area contributed by atoms with Crippen LogP contribution in [0.2, 0.25) is 5.02 Å². The average molecular weight is 338 g/mol. The molecule has 7 heteroatoms. The van der Waals surface area contributed by atoms with Gasteiger partial charge in [0.05, 0.1) is 11.5 Å². The maximum Gasteiger partial charge on any atom is 0.208 e. The van der Waals surface area contributed by atoms with Gasteiger partial charge in [-0.25, -0.2) is 4.98 Å². The van der Waals surface area contributed by atoms with Crippen molar-refractivity contribution in [2.75, 3.05) is 12.4 Å². The Labute approximate surface area is 135 Å². The zero-order chi connectivity index (χ0) is 14.5. The summed E-state index contributed by atoms with van der Waals surface area (Å²) in [6, 6.07) is 11.4. The highest BCUT2D eigenvalue weighted by molar-refractivity contribution is 7.99. The van der Waals surface area contributed by atoms with Crippen molar-refractivity contribution in [3.05, 3.63) is 46.8 Å². The van der Waals surface area contributed by atoms with Gasteiger partial charge in [0.1, 0.15) is 5.75 Å². The maximum atomic E-state index is 5.90. The summed E-state index contributed by atoms with van der Waals surface area (Å²) in [4.78, 5) is 5.53. The van der Waals surface area contributed by atoms with Crippen LogP contribution in [-0.4, -0.2) is 27.5 Å². The van der Waals surface area contributed by atoms with Crippen LogP contribution in [0.5, 0.6) is 5.75 Å². The molecular weight excluding hydrogens is 326 g/mol. The molecule has 0 aliphatic heterocycles. The molecule has 0 fully saturated rings. The van der Waals surface area contributed by atoms with E-state index in [4.69, 9.17) is 16.3 Å². The van der Waals surface area contributed by atoms with Gasteiger partial charge in [-0.2, -0.15) is 0 Å². The lowest BCUT2D eigenvalue weighted by Crippen LogP contribution is -2.00. The molecule has 21 heavy (non-hydrogen) atoms. The Balaban J connectivity index is 1.48. The number of hydrogen-bond donors (Lipinski definition) is 1. The Hall–Kier alpha value is -1.50. The van der Waals surface area contributed by atoms with E-state index in [2.05, 4.69) is 15.2 Å². The predicted octanol–water partition coefficient (Wildman–Crippen LogP) is 4.36. The van der Waals surface area contributed by atoms with Crippen molar-refractivity contribution < 1.29 is 4.74 Å². The second-order valence-electron chi connectivity index (χ2n) is 4.10. The first-order chi connectivity index (χ1) is 10.3. The lowest BCUT2D eigenvalue weighted by Gasteiger charge is -2.04. The van der Waals surface area contributed by atoms with Crippen molar-refractivity contribution in [3.8, 4) is 16.5 Å². The number of nitrogens with zero attached hydrogens (tertiary/aromatic N) is 2. The van der Waals surface area contributed by atoms with Crippen molar-refractivity contribution in [2.24, 2.45) is 0 Å². The van der Waals surface area contributed by atoms with E-state index in [0.717, 1.165) is 27.4 Å². The van der Waals surface area contributed by atoms with E-state index in [0.29, 0.717) is 11.6 Å². The van der Waals surface area contributed by atoms with Crippen LogP contribution in [0.1, 0.15) is 0 Å². The standard InChI is InChI=1S/C14H12ClN3OS2/c15-10-3-1-4-11(9-10)19-6-8-21-14-16-13(17-18-14)12-5-2-7-20-12/h1-5,7,9H,6,8H2,(H,16,17,18). The van der Waals surface area contributed by atoms with Gasteiger partial charge in [0, 0.05) is 10.8 Å². The number of H-pyrrole nitrogens is 1. The molecule has 1 N–H and O–H groups in total. The fourth-order valence-electron chi connectivity index (χ4n) is 1.68. The molecule has 0 spiro atoms. The Kier molecular flexibility index (Phi) is 4.80. The predicted molar refractivity (Wildman–Crippen MR) is 87.4 cm³/mol. The minimum atomic E-state index is 0.577. The molecule has 0 aliphatic carbocycles. The van der Waals surface area contributed by atoms with Gasteiger partial charge in [-0.3, -0.25) is 5.10 Å². The normalized spacial score (nSPS) is 10.7. The number of nitrogens with one attached hydrogen (secondary N) is 1. The Morgan fingerprint density at radius 1 is 1.29 bits per heavy atom. The zero-order valence-electron chi connectivity index (χ0n) is 11.0. The molecule has 3 aromatic rings. The van der Waals surface area contributed by atoms with E-state index in [1.54, 1.807) is 29.2 Å². The maximum absolute atomic E-state index is 5.90. The lowest BCUT2D eigenvalue weighted by atomic mass is 10.3. The Morgan fingerprint density at radius 3 is 3.05 bits per heavy atom. The third-order valence-electron chi connectivity index (χ3n) is 2.60.